The van der Waals surface area contributed by atoms with E-state index >= 15 is 0 Å². The van der Waals surface area contributed by atoms with E-state index in [1.54, 1.807) is 71.8 Å². The summed E-state index contributed by atoms with van der Waals surface area (Å²) < 4.78 is 37.6. The summed E-state index contributed by atoms with van der Waals surface area (Å²) in [7, 11) is 0. The number of aldehydes is 1. The van der Waals surface area contributed by atoms with Crippen LogP contribution < -0.4 is 18.9 Å². The minimum Gasteiger partial charge on any atom is -0.394 e. The largest absolute Gasteiger partial charge is 1.00 e. The zero-order chi connectivity index (χ0) is 26.7. The van der Waals surface area contributed by atoms with Gasteiger partial charge in [0.15, 0.2) is 11.3 Å². The molecule has 0 fully saturated rings. The van der Waals surface area contributed by atoms with Crippen LogP contribution >= 0.6 is 34.0 Å². The van der Waals surface area contributed by atoms with Gasteiger partial charge in [0.05, 0.1) is 15.3 Å². The summed E-state index contributed by atoms with van der Waals surface area (Å²) in [5.41, 5.74) is 7.37. The molecule has 0 aliphatic heterocycles. The molecule has 0 bridgehead atoms. The number of halogens is 3. The predicted molar refractivity (Wildman–Crippen MR) is 147 cm³/mol. The number of carbonyl (C=O) groups is 1. The second-order valence-electron chi connectivity index (χ2n) is 7.38. The van der Waals surface area contributed by atoms with E-state index in [1.807, 2.05) is 0 Å². The van der Waals surface area contributed by atoms with E-state index in [1.165, 1.54) is 59.1 Å². The van der Waals surface area contributed by atoms with E-state index < -0.39 is 0 Å². The summed E-state index contributed by atoms with van der Waals surface area (Å²) >= 11 is 4.26. The van der Waals surface area contributed by atoms with Crippen LogP contribution in [0.15, 0.2) is 96.9 Å². The zero-order valence-corrected chi connectivity index (χ0v) is 22.9. The molecule has 4 nitrogen and oxygen atoms in total. The fraction of sp³-hybridized carbons (Fsp3) is 0. The van der Waals surface area contributed by atoms with Gasteiger partial charge in [-0.3, -0.25) is 21.1 Å². The van der Waals surface area contributed by atoms with Crippen molar-refractivity contribution in [2.45, 2.75) is 0 Å². The molecule has 190 valence electrons. The van der Waals surface area contributed by atoms with Crippen LogP contribution in [0.5, 0.6) is 0 Å². The predicted octanol–water partition coefficient (Wildman–Crippen LogP) is 5.46. The fourth-order valence-corrected chi connectivity index (χ4v) is 4.93. The Kier molecular flexibility index (Phi) is 11.8. The minimum absolute atomic E-state index is 0. The molecule has 0 unspecified atom stereocenters. The normalized spacial score (nSPS) is 9.82. The summed E-state index contributed by atoms with van der Waals surface area (Å²) in [5.74, 6) is -0.690. The molecule has 6 aromatic rings. The summed E-state index contributed by atoms with van der Waals surface area (Å²) in [6.07, 6.45) is 5.81. The van der Waals surface area contributed by atoms with Gasteiger partial charge in [-0.1, -0.05) is 42.0 Å². The number of nitrogens with zero attached hydrogens (tertiary/aromatic N) is 3. The molecule has 0 amide bonds. The SMILES string of the molecule is Fc1ccc(-c2cn[c-]s2)cc1.Fc1ccc(-c2cncs2)cc1.O=Cc1ncc(-c2ccc(F)cc2)s1.[Li+]. The minimum atomic E-state index is -0.270. The Labute approximate surface area is 247 Å². The number of aromatic nitrogens is 3. The number of hydrogen-bond donors (Lipinski definition) is 0. The van der Waals surface area contributed by atoms with Crippen LogP contribution in [0.4, 0.5) is 13.2 Å². The summed E-state index contributed by atoms with van der Waals surface area (Å²) in [5, 5.41) is 0.435. The third kappa shape index (κ3) is 9.09. The Hall–Kier alpha value is -3.39. The van der Waals surface area contributed by atoms with Crippen molar-refractivity contribution in [2.24, 2.45) is 0 Å². The van der Waals surface area contributed by atoms with Gasteiger partial charge in [-0.05, 0) is 53.0 Å². The van der Waals surface area contributed by atoms with Crippen molar-refractivity contribution in [3.63, 3.8) is 0 Å². The topological polar surface area (TPSA) is 55.7 Å². The standard InChI is InChI=1S/C10H6FNOS.C9H6FNS.C9H5FNS.Li/c11-8-3-1-7(2-4-8)9-5-12-10(6-13)14-9;2*10-8-3-1-7(2-4-8)9-5-11-6-12-9;/h1-6H;1-6H;1-5H;/q;;-1;+1. The van der Waals surface area contributed by atoms with Crippen molar-refractivity contribution in [1.29, 1.82) is 0 Å². The Balaban J connectivity index is 0.000000160. The summed E-state index contributed by atoms with van der Waals surface area (Å²) in [4.78, 5) is 25.0. The van der Waals surface area contributed by atoms with Crippen molar-refractivity contribution >= 4 is 40.3 Å². The number of hydrogen-bond acceptors (Lipinski definition) is 7. The first-order valence-electron chi connectivity index (χ1n) is 10.9. The van der Waals surface area contributed by atoms with Gasteiger partial charge in [0.2, 0.25) is 0 Å². The summed E-state index contributed by atoms with van der Waals surface area (Å²) in [6.45, 7) is 0. The van der Waals surface area contributed by atoms with Crippen LogP contribution in [0, 0.1) is 23.0 Å². The third-order valence-corrected chi connectivity index (χ3v) is 7.38. The molecule has 6 rings (SSSR count). The van der Waals surface area contributed by atoms with Gasteiger partial charge >= 0.3 is 18.9 Å². The maximum absolute atomic E-state index is 12.6. The second kappa shape index (κ2) is 15.3. The summed E-state index contributed by atoms with van der Waals surface area (Å²) in [6, 6.07) is 18.9. The first kappa shape index (κ1) is 30.2. The molecule has 0 aliphatic carbocycles. The van der Waals surface area contributed by atoms with Crippen LogP contribution in [0.1, 0.15) is 9.80 Å². The van der Waals surface area contributed by atoms with E-state index in [4.69, 9.17) is 0 Å². The molecule has 0 saturated carbocycles. The number of thiazole rings is 3. The van der Waals surface area contributed by atoms with Crippen LogP contribution in [0.3, 0.4) is 0 Å². The molecule has 0 atom stereocenters. The molecule has 0 saturated heterocycles. The smallest absolute Gasteiger partial charge is 0.394 e. The average molecular weight is 572 g/mol. The van der Waals surface area contributed by atoms with Crippen molar-refractivity contribution in [1.82, 2.24) is 15.0 Å². The molecule has 3 aromatic carbocycles. The van der Waals surface area contributed by atoms with Crippen LogP contribution in [-0.2, 0) is 0 Å². The third-order valence-electron chi connectivity index (χ3n) is 4.83. The van der Waals surface area contributed by atoms with Gasteiger partial charge in [-0.25, -0.2) is 18.2 Å². The maximum Gasteiger partial charge on any atom is 1.00 e. The Morgan fingerprint density at radius 2 is 1.18 bits per heavy atom. The van der Waals surface area contributed by atoms with E-state index in [2.05, 4.69) is 20.5 Å². The van der Waals surface area contributed by atoms with Gasteiger partial charge in [-0.15, -0.1) is 33.7 Å². The molecule has 0 aliphatic rings. The number of rotatable bonds is 4. The molecular formula is C28H17F3LiN3OS3. The van der Waals surface area contributed by atoms with Gasteiger partial charge in [-0.2, -0.15) is 0 Å². The Bertz CT molecular complexity index is 1470. The van der Waals surface area contributed by atoms with Crippen molar-refractivity contribution < 1.29 is 36.8 Å². The van der Waals surface area contributed by atoms with Crippen LogP contribution in [0.25, 0.3) is 31.3 Å². The molecule has 0 radical (unpaired) electrons. The molecule has 11 heteroatoms. The number of carbonyl (C=O) groups excluding carboxylic acids is 1. The molecule has 0 spiro atoms. The molecule has 3 aromatic heterocycles. The Morgan fingerprint density at radius 3 is 1.59 bits per heavy atom. The molecule has 39 heavy (non-hydrogen) atoms. The monoisotopic (exact) mass is 571 g/mol. The molecule has 0 N–H and O–H groups in total. The van der Waals surface area contributed by atoms with Crippen LogP contribution in [0.2, 0.25) is 0 Å². The van der Waals surface area contributed by atoms with Gasteiger partial charge in [0.1, 0.15) is 17.5 Å². The number of benzene rings is 3. The average Bonchev–Trinajstić information content (AvgIpc) is 3.74. The zero-order valence-electron chi connectivity index (χ0n) is 20.4. The Morgan fingerprint density at radius 1 is 0.667 bits per heavy atom. The van der Waals surface area contributed by atoms with Gasteiger partial charge < -0.3 is 4.98 Å². The molecular weight excluding hydrogens is 554 g/mol. The van der Waals surface area contributed by atoms with Crippen molar-refractivity contribution in [2.75, 3.05) is 0 Å². The first-order chi connectivity index (χ1) is 18.5. The van der Waals surface area contributed by atoms with E-state index in [9.17, 15) is 18.0 Å². The van der Waals surface area contributed by atoms with Crippen molar-refractivity contribution in [3.8, 4) is 31.3 Å². The van der Waals surface area contributed by atoms with E-state index in [-0.39, 0.29) is 36.3 Å². The van der Waals surface area contributed by atoms with Crippen LogP contribution in [-0.4, -0.2) is 21.2 Å². The maximum atomic E-state index is 12.6. The fourth-order valence-electron chi connectivity index (χ4n) is 3.00. The van der Waals surface area contributed by atoms with Gasteiger partial charge in [0, 0.05) is 12.4 Å². The van der Waals surface area contributed by atoms with Crippen molar-refractivity contribution in [3.05, 3.63) is 125 Å². The van der Waals surface area contributed by atoms with E-state index in [0.29, 0.717) is 11.3 Å². The second-order valence-corrected chi connectivity index (χ2v) is 10.2. The quantitative estimate of drug-likeness (QED) is 0.160. The van der Waals surface area contributed by atoms with Gasteiger partial charge in [0.25, 0.3) is 0 Å². The molecule has 3 heterocycles. The van der Waals surface area contributed by atoms with E-state index in [0.717, 1.165) is 31.3 Å². The first-order valence-corrected chi connectivity index (χ1v) is 13.4.